The standard InChI is InChI=1S/C16H23N3O5S.ClH/c20-16(19-8-6-17-7-9-19)4-5-18-25(21,22)13-2-3-14-15(12-13)24-11-1-10-23-14;/h2-3,12,17-18H,1,4-11H2;1H. The van der Waals surface area contributed by atoms with Crippen molar-refractivity contribution in [1.82, 2.24) is 14.9 Å². The van der Waals surface area contributed by atoms with E-state index in [1.807, 2.05) is 0 Å². The molecule has 0 aromatic heterocycles. The fourth-order valence-electron chi connectivity index (χ4n) is 2.76. The van der Waals surface area contributed by atoms with Crippen LogP contribution in [0, 0.1) is 0 Å². The molecule has 2 heterocycles. The molecule has 2 aliphatic rings. The predicted molar refractivity (Wildman–Crippen MR) is 98.6 cm³/mol. The van der Waals surface area contributed by atoms with Crippen molar-refractivity contribution in [2.45, 2.75) is 17.7 Å². The normalized spacial score (nSPS) is 17.2. The van der Waals surface area contributed by atoms with Crippen LogP contribution in [-0.4, -0.2) is 65.2 Å². The Morgan fingerprint density at radius 2 is 1.85 bits per heavy atom. The third-order valence-corrected chi connectivity index (χ3v) is 5.59. The monoisotopic (exact) mass is 405 g/mol. The Labute approximate surface area is 159 Å². The number of carbonyl (C=O) groups excluding carboxylic acids is 1. The summed E-state index contributed by atoms with van der Waals surface area (Å²) >= 11 is 0. The quantitative estimate of drug-likeness (QED) is 0.734. The van der Waals surface area contributed by atoms with E-state index in [1.165, 1.54) is 12.1 Å². The lowest BCUT2D eigenvalue weighted by Gasteiger charge is -2.27. The van der Waals surface area contributed by atoms with Crippen molar-refractivity contribution in [2.24, 2.45) is 0 Å². The second kappa shape index (κ2) is 9.40. The molecule has 0 saturated carbocycles. The highest BCUT2D eigenvalue weighted by Gasteiger charge is 2.20. The first-order valence-corrected chi connectivity index (χ1v) is 9.92. The highest BCUT2D eigenvalue weighted by Crippen LogP contribution is 2.31. The Bertz CT molecular complexity index is 723. The van der Waals surface area contributed by atoms with Gasteiger partial charge in [-0.3, -0.25) is 4.79 Å². The Morgan fingerprint density at radius 3 is 2.58 bits per heavy atom. The van der Waals surface area contributed by atoms with Gasteiger partial charge in [-0.05, 0) is 12.1 Å². The lowest BCUT2D eigenvalue weighted by Crippen LogP contribution is -2.47. The van der Waals surface area contributed by atoms with Gasteiger partial charge in [-0.2, -0.15) is 0 Å². The summed E-state index contributed by atoms with van der Waals surface area (Å²) < 4.78 is 38.3. The van der Waals surface area contributed by atoms with Crippen LogP contribution >= 0.6 is 12.4 Å². The molecule has 0 aliphatic carbocycles. The van der Waals surface area contributed by atoms with E-state index in [0.29, 0.717) is 37.8 Å². The van der Waals surface area contributed by atoms with Gasteiger partial charge in [0.25, 0.3) is 0 Å². The summed E-state index contributed by atoms with van der Waals surface area (Å²) in [4.78, 5) is 13.9. The topological polar surface area (TPSA) is 97.0 Å². The number of nitrogens with one attached hydrogen (secondary N) is 2. The first-order chi connectivity index (χ1) is 12.1. The second-order valence-electron chi connectivity index (χ2n) is 5.94. The van der Waals surface area contributed by atoms with E-state index >= 15 is 0 Å². The molecular formula is C16H24ClN3O5S. The zero-order chi connectivity index (χ0) is 17.7. The van der Waals surface area contributed by atoms with Crippen molar-refractivity contribution in [3.05, 3.63) is 18.2 Å². The number of nitrogens with zero attached hydrogens (tertiary/aromatic N) is 1. The minimum atomic E-state index is -3.70. The Kier molecular flexibility index (Phi) is 7.51. The maximum Gasteiger partial charge on any atom is 0.240 e. The van der Waals surface area contributed by atoms with Gasteiger partial charge >= 0.3 is 0 Å². The SMILES string of the molecule is Cl.O=C(CCNS(=O)(=O)c1ccc2c(c1)OCCCO2)N1CCNCC1. The number of amides is 1. The molecule has 0 spiro atoms. The van der Waals surface area contributed by atoms with E-state index in [1.54, 1.807) is 11.0 Å². The first kappa shape index (κ1) is 20.8. The van der Waals surface area contributed by atoms with Crippen LogP contribution in [0.5, 0.6) is 11.5 Å². The van der Waals surface area contributed by atoms with Crippen molar-refractivity contribution in [1.29, 1.82) is 0 Å². The zero-order valence-corrected chi connectivity index (χ0v) is 16.0. The van der Waals surface area contributed by atoms with Crippen molar-refractivity contribution in [2.75, 3.05) is 45.9 Å². The largest absolute Gasteiger partial charge is 0.490 e. The van der Waals surface area contributed by atoms with Crippen LogP contribution in [0.4, 0.5) is 0 Å². The third-order valence-electron chi connectivity index (χ3n) is 4.13. The van der Waals surface area contributed by atoms with Crippen LogP contribution in [0.15, 0.2) is 23.1 Å². The minimum Gasteiger partial charge on any atom is -0.490 e. The van der Waals surface area contributed by atoms with E-state index in [-0.39, 0.29) is 36.2 Å². The van der Waals surface area contributed by atoms with E-state index in [0.717, 1.165) is 19.5 Å². The van der Waals surface area contributed by atoms with Crippen LogP contribution in [0.1, 0.15) is 12.8 Å². The van der Waals surface area contributed by atoms with Crippen molar-refractivity contribution in [3.8, 4) is 11.5 Å². The summed E-state index contributed by atoms with van der Waals surface area (Å²) in [6.07, 6.45) is 0.896. The molecule has 10 heteroatoms. The number of hydrogen-bond acceptors (Lipinski definition) is 6. The maximum atomic E-state index is 12.4. The van der Waals surface area contributed by atoms with Crippen molar-refractivity contribution in [3.63, 3.8) is 0 Å². The molecule has 1 amide bonds. The molecule has 1 saturated heterocycles. The number of halogens is 1. The van der Waals surface area contributed by atoms with Crippen molar-refractivity contribution >= 4 is 28.3 Å². The van der Waals surface area contributed by atoms with Gasteiger partial charge in [0.2, 0.25) is 15.9 Å². The first-order valence-electron chi connectivity index (χ1n) is 8.44. The average Bonchev–Trinajstić information content (AvgIpc) is 2.87. The Balaban J connectivity index is 0.00000243. The average molecular weight is 406 g/mol. The van der Waals surface area contributed by atoms with Crippen LogP contribution in [-0.2, 0) is 14.8 Å². The summed E-state index contributed by atoms with van der Waals surface area (Å²) in [5.74, 6) is 0.936. The molecule has 0 radical (unpaired) electrons. The van der Waals surface area contributed by atoms with Gasteiger partial charge < -0.3 is 19.7 Å². The number of hydrogen-bond donors (Lipinski definition) is 2. The van der Waals surface area contributed by atoms with Gasteiger partial charge in [0.1, 0.15) is 0 Å². The molecular weight excluding hydrogens is 382 g/mol. The molecule has 146 valence electrons. The van der Waals surface area contributed by atoms with Crippen LogP contribution in [0.25, 0.3) is 0 Å². The van der Waals surface area contributed by atoms with Gasteiger partial charge in [0.15, 0.2) is 11.5 Å². The van der Waals surface area contributed by atoms with E-state index < -0.39 is 10.0 Å². The molecule has 2 N–H and O–H groups in total. The zero-order valence-electron chi connectivity index (χ0n) is 14.4. The number of ether oxygens (including phenoxy) is 2. The Morgan fingerprint density at radius 1 is 1.15 bits per heavy atom. The predicted octanol–water partition coefficient (Wildman–Crippen LogP) is 0.370. The van der Waals surface area contributed by atoms with Crippen LogP contribution in [0.3, 0.4) is 0 Å². The van der Waals surface area contributed by atoms with E-state index in [4.69, 9.17) is 9.47 Å². The second-order valence-corrected chi connectivity index (χ2v) is 7.70. The highest BCUT2D eigenvalue weighted by atomic mass is 35.5. The van der Waals surface area contributed by atoms with Gasteiger partial charge in [0.05, 0.1) is 18.1 Å². The fourth-order valence-corrected chi connectivity index (χ4v) is 3.81. The fraction of sp³-hybridized carbons (Fsp3) is 0.562. The highest BCUT2D eigenvalue weighted by molar-refractivity contribution is 7.89. The van der Waals surface area contributed by atoms with Gasteiger partial charge in [-0.1, -0.05) is 0 Å². The lowest BCUT2D eigenvalue weighted by molar-refractivity contribution is -0.131. The molecule has 1 aromatic carbocycles. The molecule has 2 aliphatic heterocycles. The summed E-state index contributed by atoms with van der Waals surface area (Å²) in [6, 6.07) is 4.54. The molecule has 8 nitrogen and oxygen atoms in total. The summed E-state index contributed by atoms with van der Waals surface area (Å²) in [5, 5.41) is 3.17. The molecule has 0 unspecified atom stereocenters. The van der Waals surface area contributed by atoms with E-state index in [2.05, 4.69) is 10.0 Å². The molecule has 0 atom stereocenters. The summed E-state index contributed by atoms with van der Waals surface area (Å²) in [7, 11) is -3.70. The number of piperazine rings is 1. The van der Waals surface area contributed by atoms with Crippen molar-refractivity contribution < 1.29 is 22.7 Å². The number of rotatable bonds is 5. The molecule has 1 fully saturated rings. The number of sulfonamides is 1. The Hall–Kier alpha value is -1.55. The number of fused-ring (bicyclic) bond motifs is 1. The molecule has 26 heavy (non-hydrogen) atoms. The number of benzene rings is 1. The summed E-state index contributed by atoms with van der Waals surface area (Å²) in [5.41, 5.74) is 0. The van der Waals surface area contributed by atoms with Crippen LogP contribution in [0.2, 0.25) is 0 Å². The maximum absolute atomic E-state index is 12.4. The minimum absolute atomic E-state index is 0. The molecule has 0 bridgehead atoms. The van der Waals surface area contributed by atoms with E-state index in [9.17, 15) is 13.2 Å². The smallest absolute Gasteiger partial charge is 0.240 e. The van der Waals surface area contributed by atoms with Crippen LogP contribution < -0.4 is 19.5 Å². The molecule has 1 aromatic rings. The lowest BCUT2D eigenvalue weighted by atomic mass is 10.3. The van der Waals surface area contributed by atoms with Gasteiger partial charge in [-0.15, -0.1) is 12.4 Å². The van der Waals surface area contributed by atoms with Gasteiger partial charge in [-0.25, -0.2) is 13.1 Å². The summed E-state index contributed by atoms with van der Waals surface area (Å²) in [6.45, 7) is 3.97. The van der Waals surface area contributed by atoms with Gasteiger partial charge in [0, 0.05) is 51.6 Å². The third kappa shape index (κ3) is 5.23. The molecule has 3 rings (SSSR count). The number of carbonyl (C=O) groups is 1.